The second kappa shape index (κ2) is 8.06. The zero-order valence-corrected chi connectivity index (χ0v) is 11.1. The minimum Gasteiger partial charge on any atom is -0.379 e. The van der Waals surface area contributed by atoms with E-state index in [4.69, 9.17) is 4.74 Å². The molecule has 0 unspecified atom stereocenters. The lowest BCUT2D eigenvalue weighted by molar-refractivity contribution is 0.0374. The van der Waals surface area contributed by atoms with E-state index >= 15 is 0 Å². The van der Waals surface area contributed by atoms with Crippen LogP contribution in [0.2, 0.25) is 0 Å². The van der Waals surface area contributed by atoms with E-state index in [1.54, 1.807) is 0 Å². The average Bonchev–Trinajstić information content (AvgIpc) is 2.41. The fraction of sp³-hybridized carbons (Fsp3) is 1.00. The zero-order valence-electron chi connectivity index (χ0n) is 11.1. The molecule has 1 saturated carbocycles. The van der Waals surface area contributed by atoms with Gasteiger partial charge in [0, 0.05) is 13.1 Å². The first kappa shape index (κ1) is 13.3. The Bertz CT molecular complexity index is 167. The van der Waals surface area contributed by atoms with Crippen LogP contribution in [0.25, 0.3) is 0 Å². The van der Waals surface area contributed by atoms with E-state index in [9.17, 15) is 0 Å². The molecular weight excluding hydrogens is 212 g/mol. The third-order valence-electron chi connectivity index (χ3n) is 4.09. The van der Waals surface area contributed by atoms with Crippen molar-refractivity contribution in [3.05, 3.63) is 0 Å². The maximum absolute atomic E-state index is 5.35. The van der Waals surface area contributed by atoms with Crippen molar-refractivity contribution in [3.8, 4) is 0 Å². The van der Waals surface area contributed by atoms with Crippen molar-refractivity contribution >= 4 is 0 Å². The molecule has 3 nitrogen and oxygen atoms in total. The molecule has 3 heteroatoms. The molecule has 1 aliphatic heterocycles. The topological polar surface area (TPSA) is 24.5 Å². The van der Waals surface area contributed by atoms with Gasteiger partial charge in [0.05, 0.1) is 13.2 Å². The van der Waals surface area contributed by atoms with Crippen LogP contribution in [0.15, 0.2) is 0 Å². The summed E-state index contributed by atoms with van der Waals surface area (Å²) in [6, 6.07) is 0. The van der Waals surface area contributed by atoms with Gasteiger partial charge in [-0.05, 0) is 44.8 Å². The van der Waals surface area contributed by atoms with E-state index < -0.39 is 0 Å². The van der Waals surface area contributed by atoms with Crippen molar-refractivity contribution in [2.45, 2.75) is 38.5 Å². The Morgan fingerprint density at radius 1 is 1.06 bits per heavy atom. The molecule has 0 radical (unpaired) electrons. The SMILES string of the molecule is C1CCC(CNCCCN2CCOCC2)CC1. The van der Waals surface area contributed by atoms with E-state index in [2.05, 4.69) is 10.2 Å². The van der Waals surface area contributed by atoms with Gasteiger partial charge in [0.2, 0.25) is 0 Å². The van der Waals surface area contributed by atoms with Gasteiger partial charge in [0.1, 0.15) is 0 Å². The third kappa shape index (κ3) is 5.36. The lowest BCUT2D eigenvalue weighted by Crippen LogP contribution is -2.38. The monoisotopic (exact) mass is 240 g/mol. The third-order valence-corrected chi connectivity index (χ3v) is 4.09. The smallest absolute Gasteiger partial charge is 0.0594 e. The van der Waals surface area contributed by atoms with E-state index in [1.165, 1.54) is 58.2 Å². The van der Waals surface area contributed by atoms with Gasteiger partial charge in [0.15, 0.2) is 0 Å². The molecule has 1 N–H and O–H groups in total. The highest BCUT2D eigenvalue weighted by molar-refractivity contribution is 4.68. The predicted octanol–water partition coefficient (Wildman–Crippen LogP) is 1.88. The van der Waals surface area contributed by atoms with Crippen molar-refractivity contribution in [1.29, 1.82) is 0 Å². The molecule has 17 heavy (non-hydrogen) atoms. The lowest BCUT2D eigenvalue weighted by atomic mass is 9.89. The highest BCUT2D eigenvalue weighted by Gasteiger charge is 2.12. The second-order valence-corrected chi connectivity index (χ2v) is 5.52. The van der Waals surface area contributed by atoms with Crippen LogP contribution >= 0.6 is 0 Å². The van der Waals surface area contributed by atoms with E-state index in [0.717, 1.165) is 32.2 Å². The maximum Gasteiger partial charge on any atom is 0.0594 e. The number of nitrogens with zero attached hydrogens (tertiary/aromatic N) is 1. The number of hydrogen-bond acceptors (Lipinski definition) is 3. The molecule has 0 amide bonds. The quantitative estimate of drug-likeness (QED) is 0.717. The molecule has 2 rings (SSSR count). The Labute approximate surface area is 106 Å². The highest BCUT2D eigenvalue weighted by atomic mass is 16.5. The van der Waals surface area contributed by atoms with Crippen LogP contribution in [0.1, 0.15) is 38.5 Å². The standard InChI is InChI=1S/C14H28N2O/c1-2-5-14(6-3-1)13-15-7-4-8-16-9-11-17-12-10-16/h14-15H,1-13H2. The van der Waals surface area contributed by atoms with Gasteiger partial charge in [-0.3, -0.25) is 4.90 Å². The molecular formula is C14H28N2O. The highest BCUT2D eigenvalue weighted by Crippen LogP contribution is 2.22. The van der Waals surface area contributed by atoms with Crippen LogP contribution in [0.3, 0.4) is 0 Å². The first-order valence-electron chi connectivity index (χ1n) is 7.46. The molecule has 100 valence electrons. The molecule has 0 atom stereocenters. The van der Waals surface area contributed by atoms with Crippen molar-refractivity contribution in [1.82, 2.24) is 10.2 Å². The summed E-state index contributed by atoms with van der Waals surface area (Å²) >= 11 is 0. The summed E-state index contributed by atoms with van der Waals surface area (Å²) in [4.78, 5) is 2.52. The summed E-state index contributed by atoms with van der Waals surface area (Å²) in [5, 5.41) is 3.64. The molecule has 1 saturated heterocycles. The van der Waals surface area contributed by atoms with Gasteiger partial charge < -0.3 is 10.1 Å². The van der Waals surface area contributed by atoms with Crippen LogP contribution in [-0.4, -0.2) is 50.8 Å². The Balaban J connectivity index is 1.42. The maximum atomic E-state index is 5.35. The molecule has 0 bridgehead atoms. The van der Waals surface area contributed by atoms with Crippen molar-refractivity contribution < 1.29 is 4.74 Å². The molecule has 0 aromatic heterocycles. The first-order chi connectivity index (χ1) is 8.45. The van der Waals surface area contributed by atoms with E-state index in [-0.39, 0.29) is 0 Å². The Hall–Kier alpha value is -0.120. The van der Waals surface area contributed by atoms with Crippen molar-refractivity contribution in [2.75, 3.05) is 45.9 Å². The molecule has 0 spiro atoms. The summed E-state index contributed by atoms with van der Waals surface area (Å²) in [6.45, 7) is 7.79. The first-order valence-corrected chi connectivity index (χ1v) is 7.46. The van der Waals surface area contributed by atoms with Crippen LogP contribution in [-0.2, 0) is 4.74 Å². The minimum atomic E-state index is 0.926. The second-order valence-electron chi connectivity index (χ2n) is 5.52. The zero-order chi connectivity index (χ0) is 11.8. The average molecular weight is 240 g/mol. The molecule has 2 aliphatic rings. The lowest BCUT2D eigenvalue weighted by Gasteiger charge is -2.26. The molecule has 0 aromatic rings. The van der Waals surface area contributed by atoms with Crippen LogP contribution < -0.4 is 5.32 Å². The largest absolute Gasteiger partial charge is 0.379 e. The van der Waals surface area contributed by atoms with Gasteiger partial charge in [-0.25, -0.2) is 0 Å². The van der Waals surface area contributed by atoms with Gasteiger partial charge in [-0.2, -0.15) is 0 Å². The van der Waals surface area contributed by atoms with Crippen molar-refractivity contribution in [3.63, 3.8) is 0 Å². The minimum absolute atomic E-state index is 0.926. The van der Waals surface area contributed by atoms with Crippen LogP contribution in [0.5, 0.6) is 0 Å². The van der Waals surface area contributed by atoms with Crippen LogP contribution in [0, 0.1) is 5.92 Å². The number of morpholine rings is 1. The van der Waals surface area contributed by atoms with E-state index in [1.807, 2.05) is 0 Å². The van der Waals surface area contributed by atoms with Crippen LogP contribution in [0.4, 0.5) is 0 Å². The van der Waals surface area contributed by atoms with E-state index in [0.29, 0.717) is 0 Å². The van der Waals surface area contributed by atoms with Crippen molar-refractivity contribution in [2.24, 2.45) is 5.92 Å². The molecule has 1 aliphatic carbocycles. The normalized spacial score (nSPS) is 24.0. The number of nitrogens with one attached hydrogen (secondary N) is 1. The van der Waals surface area contributed by atoms with Gasteiger partial charge in [-0.1, -0.05) is 19.3 Å². The molecule has 1 heterocycles. The predicted molar refractivity (Wildman–Crippen MR) is 71.3 cm³/mol. The summed E-state index contributed by atoms with van der Waals surface area (Å²) < 4.78 is 5.35. The van der Waals surface area contributed by atoms with Gasteiger partial charge in [0.25, 0.3) is 0 Å². The Morgan fingerprint density at radius 3 is 2.59 bits per heavy atom. The summed E-state index contributed by atoms with van der Waals surface area (Å²) in [6.07, 6.45) is 8.58. The fourth-order valence-electron chi connectivity index (χ4n) is 2.95. The molecule has 2 fully saturated rings. The fourth-order valence-corrected chi connectivity index (χ4v) is 2.95. The number of rotatable bonds is 6. The summed E-state index contributed by atoms with van der Waals surface area (Å²) in [5.74, 6) is 0.965. The number of ether oxygens (including phenoxy) is 1. The van der Waals surface area contributed by atoms with Gasteiger partial charge in [-0.15, -0.1) is 0 Å². The summed E-state index contributed by atoms with van der Waals surface area (Å²) in [7, 11) is 0. The van der Waals surface area contributed by atoms with Gasteiger partial charge >= 0.3 is 0 Å². The molecule has 0 aromatic carbocycles. The number of hydrogen-bond donors (Lipinski definition) is 1. The Morgan fingerprint density at radius 2 is 1.82 bits per heavy atom. The summed E-state index contributed by atoms with van der Waals surface area (Å²) in [5.41, 5.74) is 0. The Kier molecular flexibility index (Phi) is 6.32.